The Morgan fingerprint density at radius 3 is 2.10 bits per heavy atom. The first-order chi connectivity index (χ1) is 19.0. The zero-order valence-corrected chi connectivity index (χ0v) is 27.7. The molecule has 2 aromatic rings. The van der Waals surface area contributed by atoms with Crippen molar-refractivity contribution in [3.8, 4) is 5.75 Å². The van der Waals surface area contributed by atoms with Gasteiger partial charge in [-0.3, -0.25) is 4.79 Å². The Morgan fingerprint density at radius 1 is 0.900 bits per heavy atom. The highest BCUT2D eigenvalue weighted by Crippen LogP contribution is 2.27. The standard InChI is InChI=1S/C33H47ClN2O2S.BrH/c1-3-4-5-6-7-8-9-10-11-12-13-14-21-38-32-22-29(17-20-31(32)34)23-33(37)35-30-18-15-28(16-19-30)25-36-24-27(2)39-26-36;/h15-20,22,24H,3-14,21,23,25-26H2,1-2H3,(H,35,37);1H. The van der Waals surface area contributed by atoms with Crippen LogP contribution in [-0.4, -0.2) is 23.3 Å². The summed E-state index contributed by atoms with van der Waals surface area (Å²) in [5.74, 6) is 1.61. The first-order valence-electron chi connectivity index (χ1n) is 14.9. The third-order valence-corrected chi connectivity index (χ3v) is 8.40. The molecule has 1 N–H and O–H groups in total. The lowest BCUT2D eigenvalue weighted by atomic mass is 10.1. The molecule has 222 valence electrons. The Balaban J connectivity index is 0.00000560. The first-order valence-corrected chi connectivity index (χ1v) is 16.2. The highest BCUT2D eigenvalue weighted by molar-refractivity contribution is 8.93. The molecule has 2 aromatic carbocycles. The number of rotatable bonds is 19. The summed E-state index contributed by atoms with van der Waals surface area (Å²) in [5.41, 5.74) is 2.93. The smallest absolute Gasteiger partial charge is 0.228 e. The normalized spacial score (nSPS) is 12.7. The number of thioether (sulfide) groups is 1. The molecular weight excluding hydrogens is 604 g/mol. The summed E-state index contributed by atoms with van der Waals surface area (Å²) >= 11 is 8.23. The van der Waals surface area contributed by atoms with Gasteiger partial charge in [0.15, 0.2) is 0 Å². The Bertz CT molecular complexity index is 1030. The van der Waals surface area contributed by atoms with Crippen LogP contribution in [0.25, 0.3) is 0 Å². The molecule has 0 radical (unpaired) electrons. The van der Waals surface area contributed by atoms with Crippen molar-refractivity contribution >= 4 is 51.9 Å². The Labute approximate surface area is 262 Å². The Morgan fingerprint density at radius 2 is 1.50 bits per heavy atom. The highest BCUT2D eigenvalue weighted by Gasteiger charge is 2.11. The minimum atomic E-state index is -0.0496. The molecule has 3 rings (SSSR count). The van der Waals surface area contributed by atoms with Crippen LogP contribution in [0, 0.1) is 0 Å². The van der Waals surface area contributed by atoms with E-state index >= 15 is 0 Å². The van der Waals surface area contributed by atoms with E-state index < -0.39 is 0 Å². The van der Waals surface area contributed by atoms with Gasteiger partial charge in [0, 0.05) is 18.4 Å². The summed E-state index contributed by atoms with van der Waals surface area (Å²) in [4.78, 5) is 16.3. The predicted octanol–water partition coefficient (Wildman–Crippen LogP) is 10.5. The van der Waals surface area contributed by atoms with E-state index in [9.17, 15) is 4.79 Å². The lowest BCUT2D eigenvalue weighted by molar-refractivity contribution is -0.115. The third-order valence-electron chi connectivity index (χ3n) is 7.06. The lowest BCUT2D eigenvalue weighted by Crippen LogP contribution is -2.15. The second kappa shape index (κ2) is 20.3. The number of unbranched alkanes of at least 4 members (excludes halogenated alkanes) is 11. The second-order valence-corrected chi connectivity index (χ2v) is 12.3. The topological polar surface area (TPSA) is 41.6 Å². The van der Waals surface area contributed by atoms with E-state index in [1.165, 1.54) is 81.1 Å². The number of carbonyl (C=O) groups excluding carboxylic acids is 1. The molecule has 0 unspecified atom stereocenters. The van der Waals surface area contributed by atoms with Crippen molar-refractivity contribution in [1.29, 1.82) is 0 Å². The maximum Gasteiger partial charge on any atom is 0.228 e. The summed E-state index contributed by atoms with van der Waals surface area (Å²) < 4.78 is 5.97. The van der Waals surface area contributed by atoms with E-state index in [0.717, 1.165) is 30.1 Å². The zero-order valence-electron chi connectivity index (χ0n) is 24.4. The molecule has 0 fully saturated rings. The van der Waals surface area contributed by atoms with Gasteiger partial charge in [-0.05, 0) is 53.6 Å². The van der Waals surface area contributed by atoms with Crippen LogP contribution in [0.1, 0.15) is 102 Å². The number of nitrogens with zero attached hydrogens (tertiary/aromatic N) is 1. The van der Waals surface area contributed by atoms with Crippen LogP contribution in [-0.2, 0) is 17.8 Å². The fourth-order valence-corrected chi connectivity index (χ4v) is 5.75. The molecule has 1 amide bonds. The van der Waals surface area contributed by atoms with E-state index in [1.54, 1.807) is 0 Å². The molecule has 0 aliphatic carbocycles. The van der Waals surface area contributed by atoms with Crippen LogP contribution in [0.15, 0.2) is 53.6 Å². The molecule has 1 aliphatic rings. The van der Waals surface area contributed by atoms with Crippen LogP contribution in [0.4, 0.5) is 5.69 Å². The Kier molecular flexibility index (Phi) is 17.5. The molecule has 7 heteroatoms. The van der Waals surface area contributed by atoms with Gasteiger partial charge in [0.05, 0.1) is 23.9 Å². The number of hydrogen-bond donors (Lipinski definition) is 1. The fourth-order valence-electron chi connectivity index (χ4n) is 4.82. The molecule has 1 heterocycles. The summed E-state index contributed by atoms with van der Waals surface area (Å²) in [6.45, 7) is 5.95. The molecule has 0 saturated carbocycles. The minimum absolute atomic E-state index is 0. The van der Waals surface area contributed by atoms with Crippen molar-refractivity contribution in [2.75, 3.05) is 17.8 Å². The van der Waals surface area contributed by atoms with Gasteiger partial charge in [0.2, 0.25) is 5.91 Å². The van der Waals surface area contributed by atoms with Crippen molar-refractivity contribution in [3.63, 3.8) is 0 Å². The fraction of sp³-hybridized carbons (Fsp3) is 0.545. The number of anilines is 1. The minimum Gasteiger partial charge on any atom is -0.492 e. The Hall–Kier alpha value is -1.63. The van der Waals surface area contributed by atoms with Gasteiger partial charge in [-0.25, -0.2) is 0 Å². The number of allylic oxidation sites excluding steroid dienone is 1. The molecule has 0 spiro atoms. The van der Waals surface area contributed by atoms with Crippen molar-refractivity contribution in [2.45, 2.75) is 104 Å². The van der Waals surface area contributed by atoms with E-state index in [4.69, 9.17) is 16.3 Å². The van der Waals surface area contributed by atoms with Crippen LogP contribution in [0.3, 0.4) is 0 Å². The lowest BCUT2D eigenvalue weighted by Gasteiger charge is -2.15. The second-order valence-electron chi connectivity index (χ2n) is 10.7. The van der Waals surface area contributed by atoms with Crippen molar-refractivity contribution in [3.05, 3.63) is 69.7 Å². The van der Waals surface area contributed by atoms with E-state index in [1.807, 2.05) is 42.1 Å². The van der Waals surface area contributed by atoms with E-state index in [0.29, 0.717) is 17.4 Å². The van der Waals surface area contributed by atoms with Gasteiger partial charge in [0.1, 0.15) is 5.75 Å². The average molecular weight is 652 g/mol. The number of halogens is 2. The maximum absolute atomic E-state index is 12.7. The SMILES string of the molecule is Br.CCCCCCCCCCCCCCOc1cc(CC(=O)Nc2ccc(CN3C=C(C)SC3)cc2)ccc1Cl. The van der Waals surface area contributed by atoms with Gasteiger partial charge in [-0.1, -0.05) is 107 Å². The van der Waals surface area contributed by atoms with Crippen molar-refractivity contribution in [2.24, 2.45) is 0 Å². The van der Waals surface area contributed by atoms with Crippen molar-refractivity contribution < 1.29 is 9.53 Å². The molecule has 4 nitrogen and oxygen atoms in total. The van der Waals surface area contributed by atoms with Crippen LogP contribution in [0.2, 0.25) is 5.02 Å². The van der Waals surface area contributed by atoms with Gasteiger partial charge in [-0.2, -0.15) is 0 Å². The number of benzene rings is 2. The number of nitrogens with one attached hydrogen (secondary N) is 1. The summed E-state index contributed by atoms with van der Waals surface area (Å²) in [5, 5.41) is 3.60. The van der Waals surface area contributed by atoms with Crippen LogP contribution >= 0.6 is 40.3 Å². The molecule has 40 heavy (non-hydrogen) atoms. The monoisotopic (exact) mass is 650 g/mol. The van der Waals surface area contributed by atoms with Crippen LogP contribution in [0.5, 0.6) is 5.75 Å². The molecule has 0 aromatic heterocycles. The summed E-state index contributed by atoms with van der Waals surface area (Å²) in [6, 6.07) is 13.7. The summed E-state index contributed by atoms with van der Waals surface area (Å²) in [6.07, 6.45) is 18.3. The third kappa shape index (κ3) is 13.8. The maximum atomic E-state index is 12.7. The van der Waals surface area contributed by atoms with Crippen molar-refractivity contribution in [1.82, 2.24) is 4.90 Å². The number of hydrogen-bond acceptors (Lipinski definition) is 4. The van der Waals surface area contributed by atoms with Gasteiger partial charge >= 0.3 is 0 Å². The van der Waals surface area contributed by atoms with Gasteiger partial charge in [0.25, 0.3) is 0 Å². The first kappa shape index (κ1) is 34.6. The van der Waals surface area contributed by atoms with Gasteiger partial charge < -0.3 is 15.0 Å². The van der Waals surface area contributed by atoms with Gasteiger partial charge in [-0.15, -0.1) is 28.7 Å². The summed E-state index contributed by atoms with van der Waals surface area (Å²) in [7, 11) is 0. The van der Waals surface area contributed by atoms with E-state index in [-0.39, 0.29) is 29.3 Å². The molecular formula is C33H48BrClN2O2S. The van der Waals surface area contributed by atoms with Crippen LogP contribution < -0.4 is 10.1 Å². The quantitative estimate of drug-likeness (QED) is 0.154. The molecule has 0 bridgehead atoms. The zero-order chi connectivity index (χ0) is 27.7. The number of ether oxygens (including phenoxy) is 1. The number of amides is 1. The van der Waals surface area contributed by atoms with E-state index in [2.05, 4.69) is 42.4 Å². The molecule has 0 saturated heterocycles. The molecule has 1 aliphatic heterocycles. The number of carbonyl (C=O) groups is 1. The average Bonchev–Trinajstić information content (AvgIpc) is 3.33. The predicted molar refractivity (Wildman–Crippen MR) is 179 cm³/mol. The highest BCUT2D eigenvalue weighted by atomic mass is 79.9. The molecule has 0 atom stereocenters. The largest absolute Gasteiger partial charge is 0.492 e.